The zero-order valence-electron chi connectivity index (χ0n) is 11.4. The lowest BCUT2D eigenvalue weighted by Gasteiger charge is -2.29. The summed E-state index contributed by atoms with van der Waals surface area (Å²) in [7, 11) is 1.63. The number of benzene rings is 1. The van der Waals surface area contributed by atoms with Gasteiger partial charge in [-0.2, -0.15) is 0 Å². The average molecular weight is 262 g/mol. The lowest BCUT2D eigenvalue weighted by atomic mass is 9.91. The van der Waals surface area contributed by atoms with Crippen LogP contribution in [0.5, 0.6) is 5.75 Å². The van der Waals surface area contributed by atoms with E-state index < -0.39 is 0 Å². The third-order valence-corrected chi connectivity index (χ3v) is 3.66. The van der Waals surface area contributed by atoms with Crippen LogP contribution in [-0.2, 0) is 11.2 Å². The van der Waals surface area contributed by atoms with Crippen LogP contribution in [-0.4, -0.2) is 25.1 Å². The number of carbonyl (C=O) groups excluding carboxylic acids is 1. The van der Waals surface area contributed by atoms with E-state index in [1.807, 2.05) is 24.3 Å². The van der Waals surface area contributed by atoms with Crippen molar-refractivity contribution < 1.29 is 9.53 Å². The zero-order valence-corrected chi connectivity index (χ0v) is 11.4. The molecule has 1 aromatic rings. The quantitative estimate of drug-likeness (QED) is 0.866. The van der Waals surface area contributed by atoms with E-state index in [0.717, 1.165) is 30.6 Å². The minimum atomic E-state index is 0.0376. The van der Waals surface area contributed by atoms with Crippen molar-refractivity contribution in [1.29, 1.82) is 0 Å². The summed E-state index contributed by atoms with van der Waals surface area (Å²) in [5.41, 5.74) is 6.99. The van der Waals surface area contributed by atoms with Crippen molar-refractivity contribution in [2.75, 3.05) is 7.11 Å². The fraction of sp³-hybridized carbons (Fsp3) is 0.533. The maximum absolute atomic E-state index is 12.0. The third-order valence-electron chi connectivity index (χ3n) is 3.66. The molecule has 4 nitrogen and oxygen atoms in total. The molecule has 19 heavy (non-hydrogen) atoms. The van der Waals surface area contributed by atoms with E-state index in [2.05, 4.69) is 5.32 Å². The first-order chi connectivity index (χ1) is 9.19. The summed E-state index contributed by atoms with van der Waals surface area (Å²) >= 11 is 0. The summed E-state index contributed by atoms with van der Waals surface area (Å²) in [6.45, 7) is 0. The predicted octanol–water partition coefficient (Wildman–Crippen LogP) is 1.62. The second-order valence-electron chi connectivity index (χ2n) is 5.15. The number of methoxy groups -OCH3 is 1. The summed E-state index contributed by atoms with van der Waals surface area (Å²) in [5, 5.41) is 3.05. The highest BCUT2D eigenvalue weighted by atomic mass is 16.5. The number of amides is 1. The van der Waals surface area contributed by atoms with Gasteiger partial charge in [-0.05, 0) is 30.5 Å². The molecular weight excluding hydrogens is 240 g/mol. The largest absolute Gasteiger partial charge is 0.497 e. The molecule has 0 aromatic heterocycles. The fourth-order valence-electron chi connectivity index (χ4n) is 2.56. The molecule has 1 aromatic carbocycles. The molecule has 1 saturated carbocycles. The molecule has 2 rings (SSSR count). The number of carbonyl (C=O) groups is 1. The van der Waals surface area contributed by atoms with Crippen molar-refractivity contribution in [2.45, 2.75) is 44.2 Å². The summed E-state index contributed by atoms with van der Waals surface area (Å²) in [5.74, 6) is 0.815. The second-order valence-corrected chi connectivity index (χ2v) is 5.15. The van der Waals surface area contributed by atoms with Crippen LogP contribution in [0.1, 0.15) is 31.2 Å². The van der Waals surface area contributed by atoms with Crippen molar-refractivity contribution in [3.05, 3.63) is 29.8 Å². The average Bonchev–Trinajstić information content (AvgIpc) is 2.41. The van der Waals surface area contributed by atoms with Crippen LogP contribution in [0.4, 0.5) is 0 Å². The van der Waals surface area contributed by atoms with Crippen LogP contribution in [0.25, 0.3) is 0 Å². The van der Waals surface area contributed by atoms with E-state index in [0.29, 0.717) is 6.42 Å². The Morgan fingerprint density at radius 2 is 2.21 bits per heavy atom. The lowest BCUT2D eigenvalue weighted by molar-refractivity contribution is -0.121. The number of nitrogens with one attached hydrogen (secondary N) is 1. The molecule has 0 unspecified atom stereocenters. The molecule has 2 atom stereocenters. The van der Waals surface area contributed by atoms with E-state index in [9.17, 15) is 4.79 Å². The number of ether oxygens (including phenoxy) is 1. The van der Waals surface area contributed by atoms with Crippen molar-refractivity contribution in [1.82, 2.24) is 5.32 Å². The molecule has 4 heteroatoms. The molecule has 0 aliphatic heterocycles. The normalized spacial score (nSPS) is 22.8. The zero-order chi connectivity index (χ0) is 13.7. The van der Waals surface area contributed by atoms with Gasteiger partial charge in [0.1, 0.15) is 5.75 Å². The van der Waals surface area contributed by atoms with Gasteiger partial charge in [0.05, 0.1) is 13.5 Å². The molecule has 104 valence electrons. The van der Waals surface area contributed by atoms with E-state index in [4.69, 9.17) is 10.5 Å². The van der Waals surface area contributed by atoms with Gasteiger partial charge in [0.25, 0.3) is 0 Å². The van der Waals surface area contributed by atoms with Crippen LogP contribution < -0.4 is 15.8 Å². The first kappa shape index (κ1) is 13.9. The molecule has 0 radical (unpaired) electrons. The molecule has 1 aliphatic rings. The Labute approximate surface area is 114 Å². The van der Waals surface area contributed by atoms with E-state index in [1.165, 1.54) is 6.42 Å². The highest BCUT2D eigenvalue weighted by molar-refractivity contribution is 5.79. The Hall–Kier alpha value is -1.55. The SMILES string of the molecule is COc1cccc(CC(=O)N[C@@H]2CCCC[C@H]2N)c1. The fourth-order valence-corrected chi connectivity index (χ4v) is 2.56. The number of hydrogen-bond donors (Lipinski definition) is 2. The predicted molar refractivity (Wildman–Crippen MR) is 75.1 cm³/mol. The minimum absolute atomic E-state index is 0.0376. The summed E-state index contributed by atoms with van der Waals surface area (Å²) in [6.07, 6.45) is 4.69. The van der Waals surface area contributed by atoms with Crippen molar-refractivity contribution >= 4 is 5.91 Å². The smallest absolute Gasteiger partial charge is 0.224 e. The second kappa shape index (κ2) is 6.57. The lowest BCUT2D eigenvalue weighted by Crippen LogP contribution is -2.49. The van der Waals surface area contributed by atoms with E-state index >= 15 is 0 Å². The Morgan fingerprint density at radius 3 is 2.95 bits per heavy atom. The Bertz CT molecular complexity index is 434. The third kappa shape index (κ3) is 3.96. The van der Waals surface area contributed by atoms with Crippen LogP contribution in [0.2, 0.25) is 0 Å². The van der Waals surface area contributed by atoms with Crippen LogP contribution in [0, 0.1) is 0 Å². The Morgan fingerprint density at radius 1 is 1.42 bits per heavy atom. The maximum Gasteiger partial charge on any atom is 0.224 e. The van der Waals surface area contributed by atoms with Crippen molar-refractivity contribution in [3.63, 3.8) is 0 Å². The first-order valence-electron chi connectivity index (χ1n) is 6.87. The van der Waals surface area contributed by atoms with E-state index in [1.54, 1.807) is 7.11 Å². The monoisotopic (exact) mass is 262 g/mol. The van der Waals surface area contributed by atoms with Gasteiger partial charge in [0, 0.05) is 12.1 Å². The Kier molecular flexibility index (Phi) is 4.80. The summed E-state index contributed by atoms with van der Waals surface area (Å²) in [6, 6.07) is 7.82. The van der Waals surface area contributed by atoms with Crippen LogP contribution in [0.15, 0.2) is 24.3 Å². The van der Waals surface area contributed by atoms with Crippen LogP contribution in [0.3, 0.4) is 0 Å². The summed E-state index contributed by atoms with van der Waals surface area (Å²) in [4.78, 5) is 12.0. The molecule has 3 N–H and O–H groups in total. The van der Waals surface area contributed by atoms with Gasteiger partial charge in [-0.3, -0.25) is 4.79 Å². The van der Waals surface area contributed by atoms with Crippen molar-refractivity contribution in [2.24, 2.45) is 5.73 Å². The van der Waals surface area contributed by atoms with Gasteiger partial charge in [0.15, 0.2) is 0 Å². The standard InChI is InChI=1S/C15H22N2O2/c1-19-12-6-4-5-11(9-12)10-15(18)17-14-8-3-2-7-13(14)16/h4-6,9,13-14H,2-3,7-8,10,16H2,1H3,(H,17,18)/t13-,14-/m1/s1. The molecule has 0 heterocycles. The first-order valence-corrected chi connectivity index (χ1v) is 6.87. The highest BCUT2D eigenvalue weighted by Gasteiger charge is 2.23. The highest BCUT2D eigenvalue weighted by Crippen LogP contribution is 2.17. The molecule has 1 aliphatic carbocycles. The van der Waals surface area contributed by atoms with Gasteiger partial charge in [0.2, 0.25) is 5.91 Å². The van der Waals surface area contributed by atoms with E-state index in [-0.39, 0.29) is 18.0 Å². The minimum Gasteiger partial charge on any atom is -0.497 e. The van der Waals surface area contributed by atoms with Gasteiger partial charge in [-0.1, -0.05) is 25.0 Å². The van der Waals surface area contributed by atoms with Gasteiger partial charge in [-0.15, -0.1) is 0 Å². The number of hydrogen-bond acceptors (Lipinski definition) is 3. The van der Waals surface area contributed by atoms with Gasteiger partial charge < -0.3 is 15.8 Å². The molecule has 0 saturated heterocycles. The van der Waals surface area contributed by atoms with Crippen molar-refractivity contribution in [3.8, 4) is 5.75 Å². The molecule has 1 amide bonds. The number of rotatable bonds is 4. The topological polar surface area (TPSA) is 64.3 Å². The molecule has 1 fully saturated rings. The van der Waals surface area contributed by atoms with Gasteiger partial charge >= 0.3 is 0 Å². The molecule has 0 bridgehead atoms. The molecular formula is C15H22N2O2. The Balaban J connectivity index is 1.89. The maximum atomic E-state index is 12.0. The van der Waals surface area contributed by atoms with Gasteiger partial charge in [-0.25, -0.2) is 0 Å². The summed E-state index contributed by atoms with van der Waals surface area (Å²) < 4.78 is 5.15. The van der Waals surface area contributed by atoms with Crippen LogP contribution >= 0.6 is 0 Å². The number of nitrogens with two attached hydrogens (primary N) is 1. The molecule has 0 spiro atoms.